The number of nitrogens with one attached hydrogen (secondary N) is 1. The Labute approximate surface area is 187 Å². The highest BCUT2D eigenvalue weighted by Gasteiger charge is 2.33. The third kappa shape index (κ3) is 5.38. The highest BCUT2D eigenvalue weighted by molar-refractivity contribution is 7.74. The molecular weight excluding hydrogens is 416 g/mol. The van der Waals surface area contributed by atoms with Gasteiger partial charge in [-0.25, -0.2) is 4.79 Å². The van der Waals surface area contributed by atoms with Gasteiger partial charge in [0.2, 0.25) is 6.21 Å². The molecule has 0 fully saturated rings. The molecule has 1 N–H and O–H groups in total. The predicted molar refractivity (Wildman–Crippen MR) is 122 cm³/mol. The smallest absolute Gasteiger partial charge is 0.412 e. The first-order chi connectivity index (χ1) is 14.7. The molecule has 1 amide bonds. The van der Waals surface area contributed by atoms with Crippen molar-refractivity contribution < 1.29 is 28.1 Å². The number of rotatable bonds is 8. The molecule has 0 aromatic heterocycles. The summed E-state index contributed by atoms with van der Waals surface area (Å²) in [5.74, 6) is 0.660. The molecule has 0 saturated carbocycles. The number of nitrogens with zero attached hydrogens (tertiary/aromatic N) is 1. The molecule has 0 bridgehead atoms. The van der Waals surface area contributed by atoms with Crippen molar-refractivity contribution in [2.75, 3.05) is 11.9 Å². The molecule has 31 heavy (non-hydrogen) atoms. The summed E-state index contributed by atoms with van der Waals surface area (Å²) in [6, 6.07) is 11.1. The van der Waals surface area contributed by atoms with Gasteiger partial charge in [-0.15, -0.1) is 0 Å². The van der Waals surface area contributed by atoms with E-state index >= 15 is 0 Å². The van der Waals surface area contributed by atoms with Gasteiger partial charge in [-0.2, -0.15) is 4.28 Å². The normalized spacial score (nSPS) is 14.9. The zero-order valence-electron chi connectivity index (χ0n) is 18.1. The van der Waals surface area contributed by atoms with Gasteiger partial charge in [-0.3, -0.25) is 10.1 Å². The number of ketones is 1. The van der Waals surface area contributed by atoms with E-state index in [1.165, 1.54) is 11.7 Å². The molecule has 8 heteroatoms. The van der Waals surface area contributed by atoms with Gasteiger partial charge in [0.05, 0.1) is 17.9 Å². The van der Waals surface area contributed by atoms with Crippen molar-refractivity contribution >= 4 is 42.4 Å². The number of ether oxygens (including phenoxy) is 2. The Morgan fingerprint density at radius 2 is 2.03 bits per heavy atom. The Hall–Kier alpha value is -3.00. The maximum absolute atomic E-state index is 12.0. The average Bonchev–Trinajstić information content (AvgIpc) is 2.70. The van der Waals surface area contributed by atoms with Gasteiger partial charge in [0.1, 0.15) is 24.3 Å². The van der Waals surface area contributed by atoms with Gasteiger partial charge >= 0.3 is 6.09 Å². The van der Waals surface area contributed by atoms with Gasteiger partial charge in [-0.05, 0) is 63.9 Å². The summed E-state index contributed by atoms with van der Waals surface area (Å²) in [5.41, 5.74) is 3.09. The summed E-state index contributed by atoms with van der Waals surface area (Å²) in [4.78, 5) is 23.6. The zero-order valence-corrected chi connectivity index (χ0v) is 19.0. The first-order valence-corrected chi connectivity index (χ1v) is 10.4. The zero-order chi connectivity index (χ0) is 22.6. The number of amides is 1. The second-order valence-electron chi connectivity index (χ2n) is 7.89. The molecule has 1 aliphatic rings. The fraction of sp³-hybridized carbons (Fsp3) is 0.348. The number of carbonyl (C=O) groups excluding carboxylic acids is 2. The maximum Gasteiger partial charge on any atom is 0.412 e. The van der Waals surface area contributed by atoms with Crippen LogP contribution in [-0.2, 0) is 14.6 Å². The summed E-state index contributed by atoms with van der Waals surface area (Å²) >= 11 is 3.93. The van der Waals surface area contributed by atoms with Gasteiger partial charge in [-0.1, -0.05) is 6.07 Å². The molecule has 1 heterocycles. The Balaban J connectivity index is 1.62. The molecule has 3 rings (SSSR count). The van der Waals surface area contributed by atoms with Crippen molar-refractivity contribution in [2.24, 2.45) is 0 Å². The molecule has 164 valence electrons. The number of thiol groups is 1. The van der Waals surface area contributed by atoms with E-state index in [1.54, 1.807) is 0 Å². The van der Waals surface area contributed by atoms with Crippen molar-refractivity contribution in [3.63, 3.8) is 0 Å². The number of aryl methyl sites for hydroxylation is 1. The summed E-state index contributed by atoms with van der Waals surface area (Å²) in [6.07, 6.45) is 2.75. The number of anilines is 1. The molecule has 2 aromatic carbocycles. The highest BCUT2D eigenvalue weighted by atomic mass is 32.1. The molecule has 0 spiro atoms. The Bertz CT molecular complexity index is 1030. The number of cyclic esters (lactones) is 1. The first kappa shape index (κ1) is 22.7. The fourth-order valence-electron chi connectivity index (χ4n) is 3.42. The largest absolute Gasteiger partial charge is 0.494 e. The van der Waals surface area contributed by atoms with Crippen molar-refractivity contribution in [1.29, 1.82) is 0 Å². The van der Waals surface area contributed by atoms with Crippen LogP contribution in [0.4, 0.5) is 16.2 Å². The van der Waals surface area contributed by atoms with Crippen LogP contribution in [0.25, 0.3) is 0 Å². The van der Waals surface area contributed by atoms with Crippen LogP contribution in [0.5, 0.6) is 5.75 Å². The molecule has 0 unspecified atom stereocenters. The number of benzene rings is 2. The number of unbranched alkanes of at least 4 members (excludes halogenated alkanes) is 1. The molecule has 0 aliphatic carbocycles. The topological polar surface area (TPSA) is 76.9 Å². The van der Waals surface area contributed by atoms with Crippen molar-refractivity contribution in [3.8, 4) is 5.75 Å². The third-order valence-corrected chi connectivity index (χ3v) is 5.17. The minimum Gasteiger partial charge on any atom is -0.494 e. The molecule has 1 aliphatic heterocycles. The van der Waals surface area contributed by atoms with Gasteiger partial charge < -0.3 is 9.47 Å². The van der Waals surface area contributed by atoms with Crippen molar-refractivity contribution in [1.82, 2.24) is 0 Å². The van der Waals surface area contributed by atoms with Crippen LogP contribution >= 0.6 is 12.9 Å². The number of carbonyl (C=O) groups is 2. The molecular formula is C23H27N2O5S+. The minimum absolute atomic E-state index is 0.0404. The lowest BCUT2D eigenvalue weighted by Crippen LogP contribution is -2.34. The lowest BCUT2D eigenvalue weighted by atomic mass is 9.94. The second-order valence-corrected chi connectivity index (χ2v) is 8.05. The number of hydrogen-bond donors (Lipinski definition) is 2. The second kappa shape index (κ2) is 9.43. The van der Waals surface area contributed by atoms with Crippen LogP contribution in [-0.4, -0.2) is 29.4 Å². The molecule has 7 nitrogen and oxygen atoms in total. The summed E-state index contributed by atoms with van der Waals surface area (Å²) in [5, 5.41) is 2.70. The highest BCUT2D eigenvalue weighted by Crippen LogP contribution is 2.37. The van der Waals surface area contributed by atoms with E-state index in [0.717, 1.165) is 23.2 Å². The van der Waals surface area contributed by atoms with E-state index in [2.05, 4.69) is 18.2 Å². The molecule has 0 saturated heterocycles. The van der Waals surface area contributed by atoms with Crippen molar-refractivity contribution in [2.45, 2.75) is 46.1 Å². The molecule has 2 aromatic rings. The van der Waals surface area contributed by atoms with Crippen LogP contribution < -0.4 is 10.1 Å². The Kier molecular flexibility index (Phi) is 6.90. The van der Waals surface area contributed by atoms with E-state index in [9.17, 15) is 9.59 Å². The van der Waals surface area contributed by atoms with Gasteiger partial charge in [0.15, 0.2) is 5.78 Å². The monoisotopic (exact) mass is 443 g/mol. The summed E-state index contributed by atoms with van der Waals surface area (Å²) in [6.45, 7) is 7.63. The standard InChI is InChI=1S/C23H26N2O5S/c1-15-7-10-21(18(13-15)16(2)26)25(30-31)11-5-6-12-28-17-8-9-20-19(14-17)23(3,4)29-22(27)24-20/h7-11,13-14H,5-6,12H2,1-4H3,(H-,24,27,31)/p+1. The Morgan fingerprint density at radius 3 is 2.74 bits per heavy atom. The summed E-state index contributed by atoms with van der Waals surface area (Å²) in [7, 11) is 0. The van der Waals surface area contributed by atoms with Crippen LogP contribution in [0.15, 0.2) is 36.4 Å². The minimum atomic E-state index is -0.725. The van der Waals surface area contributed by atoms with Gasteiger partial charge in [0.25, 0.3) is 5.69 Å². The number of hydrogen-bond acceptors (Lipinski definition) is 6. The Morgan fingerprint density at radius 1 is 1.26 bits per heavy atom. The van der Waals surface area contributed by atoms with Crippen LogP contribution in [0.2, 0.25) is 0 Å². The molecule has 0 atom stereocenters. The van der Waals surface area contributed by atoms with E-state index in [4.69, 9.17) is 13.8 Å². The number of Topliss-reactive ketones (excluding diaryl/α,β-unsaturated/α-hetero) is 1. The molecule has 0 radical (unpaired) electrons. The van der Waals surface area contributed by atoms with Crippen molar-refractivity contribution in [3.05, 3.63) is 53.1 Å². The van der Waals surface area contributed by atoms with E-state index < -0.39 is 11.7 Å². The average molecular weight is 444 g/mol. The third-order valence-electron chi connectivity index (χ3n) is 4.99. The first-order valence-electron chi connectivity index (χ1n) is 10.0. The lowest BCUT2D eigenvalue weighted by molar-refractivity contribution is -0.672. The predicted octanol–water partition coefficient (Wildman–Crippen LogP) is 5.35. The fourth-order valence-corrected chi connectivity index (χ4v) is 3.58. The maximum atomic E-state index is 12.0. The van der Waals surface area contributed by atoms with Crippen LogP contribution in [0, 0.1) is 6.92 Å². The quantitative estimate of drug-likeness (QED) is 0.109. The van der Waals surface area contributed by atoms with E-state index in [-0.39, 0.29) is 5.78 Å². The van der Waals surface area contributed by atoms with E-state index in [0.29, 0.717) is 30.0 Å². The summed E-state index contributed by atoms with van der Waals surface area (Å²) < 4.78 is 17.9. The van der Waals surface area contributed by atoms with Crippen LogP contribution in [0.1, 0.15) is 55.1 Å². The van der Waals surface area contributed by atoms with E-state index in [1.807, 2.05) is 63.4 Å². The van der Waals surface area contributed by atoms with Gasteiger partial charge in [0, 0.05) is 22.8 Å². The SMILES string of the molecule is CC(=O)c1cc(C)ccc1[N+](=CCCCOc1ccc2c(c1)C(C)(C)OC(=O)N2)OS. The van der Waals surface area contributed by atoms with Crippen LogP contribution in [0.3, 0.4) is 0 Å². The lowest BCUT2D eigenvalue weighted by Gasteiger charge is -2.32. The number of fused-ring (bicyclic) bond motifs is 1.